The molecule has 1 aliphatic carbocycles. The lowest BCUT2D eigenvalue weighted by Crippen LogP contribution is -2.13. The zero-order valence-corrected chi connectivity index (χ0v) is 18.8. The van der Waals surface area contributed by atoms with E-state index in [2.05, 4.69) is 52.6 Å². The Labute approximate surface area is 180 Å². The van der Waals surface area contributed by atoms with Crippen LogP contribution in [0.15, 0.2) is 33.9 Å². The first-order valence-corrected chi connectivity index (χ1v) is 11.3. The van der Waals surface area contributed by atoms with Gasteiger partial charge in [0.2, 0.25) is 5.89 Å². The van der Waals surface area contributed by atoms with Gasteiger partial charge in [-0.1, -0.05) is 74.3 Å². The Balaban J connectivity index is 1.67. The van der Waals surface area contributed by atoms with E-state index in [1.165, 1.54) is 12.8 Å². The van der Waals surface area contributed by atoms with Crippen LogP contribution in [-0.4, -0.2) is 24.9 Å². The summed E-state index contributed by atoms with van der Waals surface area (Å²) in [6, 6.07) is 8.20. The van der Waals surface area contributed by atoms with E-state index in [1.54, 1.807) is 11.8 Å². The molecular weight excluding hydrogens is 406 g/mol. The zero-order valence-electron chi connectivity index (χ0n) is 17.2. The van der Waals surface area contributed by atoms with Gasteiger partial charge in [-0.2, -0.15) is 4.98 Å². The van der Waals surface area contributed by atoms with E-state index in [0.717, 1.165) is 29.4 Å². The molecule has 1 fully saturated rings. The van der Waals surface area contributed by atoms with Gasteiger partial charge in [0.1, 0.15) is 0 Å². The van der Waals surface area contributed by atoms with Gasteiger partial charge in [-0.05, 0) is 31.9 Å². The van der Waals surface area contributed by atoms with E-state index in [-0.39, 0.29) is 10.7 Å². The monoisotopic (exact) mass is 431 g/mol. The maximum atomic E-state index is 6.47. The Kier molecular flexibility index (Phi) is 5.71. The summed E-state index contributed by atoms with van der Waals surface area (Å²) in [5.41, 5.74) is 0.772. The van der Waals surface area contributed by atoms with E-state index in [0.29, 0.717) is 22.8 Å². The van der Waals surface area contributed by atoms with Crippen LogP contribution in [0.4, 0.5) is 0 Å². The van der Waals surface area contributed by atoms with Gasteiger partial charge in [-0.3, -0.25) is 4.57 Å². The molecular formula is C21H26ClN5OS. The molecule has 0 radical (unpaired) electrons. The Morgan fingerprint density at radius 3 is 2.55 bits per heavy atom. The average Bonchev–Trinajstić information content (AvgIpc) is 3.42. The Morgan fingerprint density at radius 1 is 1.17 bits per heavy atom. The summed E-state index contributed by atoms with van der Waals surface area (Å²) < 4.78 is 7.80. The smallest absolute Gasteiger partial charge is 0.239 e. The van der Waals surface area contributed by atoms with Crippen molar-refractivity contribution in [3.05, 3.63) is 41.0 Å². The van der Waals surface area contributed by atoms with Crippen molar-refractivity contribution in [2.75, 3.05) is 0 Å². The van der Waals surface area contributed by atoms with E-state index in [1.807, 2.05) is 24.3 Å². The molecule has 1 saturated carbocycles. The number of aromatic nitrogens is 5. The fraction of sp³-hybridized carbons (Fsp3) is 0.524. The van der Waals surface area contributed by atoms with Crippen molar-refractivity contribution in [1.29, 1.82) is 0 Å². The van der Waals surface area contributed by atoms with Gasteiger partial charge in [0, 0.05) is 17.0 Å². The summed E-state index contributed by atoms with van der Waals surface area (Å²) in [5, 5.41) is 14.7. The van der Waals surface area contributed by atoms with E-state index in [9.17, 15) is 0 Å². The van der Waals surface area contributed by atoms with Crippen LogP contribution in [0, 0.1) is 0 Å². The van der Waals surface area contributed by atoms with Crippen molar-refractivity contribution in [1.82, 2.24) is 24.9 Å². The Bertz CT molecular complexity index is 987. The van der Waals surface area contributed by atoms with Crippen molar-refractivity contribution in [3.8, 4) is 11.4 Å². The van der Waals surface area contributed by atoms with Crippen LogP contribution in [0.2, 0.25) is 5.02 Å². The standard InChI is InChI=1S/C21H26ClN5OS/c1-13(18-23-19(26-28-18)21(2,3)4)29-20-25-24-17(15-11-7-8-12-16(15)22)27(20)14-9-5-6-10-14/h7-8,11-14H,5-6,9-10H2,1-4H3. The average molecular weight is 432 g/mol. The predicted molar refractivity (Wildman–Crippen MR) is 115 cm³/mol. The van der Waals surface area contributed by atoms with Crippen LogP contribution < -0.4 is 0 Å². The van der Waals surface area contributed by atoms with Crippen molar-refractivity contribution < 1.29 is 4.52 Å². The first-order valence-electron chi connectivity index (χ1n) is 10.0. The van der Waals surface area contributed by atoms with Gasteiger partial charge in [0.05, 0.1) is 10.3 Å². The lowest BCUT2D eigenvalue weighted by atomic mass is 9.96. The first-order chi connectivity index (χ1) is 13.8. The molecule has 0 N–H and O–H groups in total. The second-order valence-corrected chi connectivity index (χ2v) is 10.3. The number of benzene rings is 1. The van der Waals surface area contributed by atoms with Crippen molar-refractivity contribution >= 4 is 23.4 Å². The minimum absolute atomic E-state index is 0.0259. The van der Waals surface area contributed by atoms with Crippen LogP contribution in [0.25, 0.3) is 11.4 Å². The second kappa shape index (κ2) is 8.11. The largest absolute Gasteiger partial charge is 0.338 e. The molecule has 0 bridgehead atoms. The predicted octanol–water partition coefficient (Wildman–Crippen LogP) is 6.25. The highest BCUT2D eigenvalue weighted by Gasteiger charge is 2.29. The maximum absolute atomic E-state index is 6.47. The van der Waals surface area contributed by atoms with Crippen LogP contribution in [0.1, 0.15) is 76.4 Å². The molecule has 2 aromatic heterocycles. The third-order valence-electron chi connectivity index (χ3n) is 5.21. The molecule has 0 amide bonds. The molecule has 6 nitrogen and oxygen atoms in total. The molecule has 29 heavy (non-hydrogen) atoms. The lowest BCUT2D eigenvalue weighted by Gasteiger charge is -2.18. The topological polar surface area (TPSA) is 69.6 Å². The van der Waals surface area contributed by atoms with Crippen molar-refractivity contribution in [3.63, 3.8) is 0 Å². The van der Waals surface area contributed by atoms with Crippen LogP contribution >= 0.6 is 23.4 Å². The summed E-state index contributed by atoms with van der Waals surface area (Å²) >= 11 is 8.08. The number of hydrogen-bond acceptors (Lipinski definition) is 6. The molecule has 1 atom stereocenters. The van der Waals surface area contributed by atoms with Gasteiger partial charge in [-0.15, -0.1) is 10.2 Å². The van der Waals surface area contributed by atoms with Gasteiger partial charge in [0.25, 0.3) is 0 Å². The zero-order chi connectivity index (χ0) is 20.6. The number of halogens is 1. The molecule has 0 aliphatic heterocycles. The Morgan fingerprint density at radius 2 is 1.90 bits per heavy atom. The third-order valence-corrected chi connectivity index (χ3v) is 6.59. The second-order valence-electron chi connectivity index (χ2n) is 8.56. The molecule has 1 aliphatic rings. The number of nitrogens with zero attached hydrogens (tertiary/aromatic N) is 5. The molecule has 4 rings (SSSR count). The minimum atomic E-state index is -0.146. The summed E-state index contributed by atoms with van der Waals surface area (Å²) in [6.45, 7) is 8.29. The molecule has 2 heterocycles. The number of rotatable bonds is 5. The third kappa shape index (κ3) is 4.21. The normalized spacial score (nSPS) is 16.4. The molecule has 1 unspecified atom stereocenters. The van der Waals surface area contributed by atoms with Crippen LogP contribution in [0.3, 0.4) is 0 Å². The summed E-state index contributed by atoms with van der Waals surface area (Å²) in [4.78, 5) is 4.61. The van der Waals surface area contributed by atoms with Gasteiger partial charge < -0.3 is 4.52 Å². The van der Waals surface area contributed by atoms with E-state index >= 15 is 0 Å². The van der Waals surface area contributed by atoms with E-state index < -0.39 is 0 Å². The highest BCUT2D eigenvalue weighted by Crippen LogP contribution is 2.41. The molecule has 0 spiro atoms. The molecule has 154 valence electrons. The van der Waals surface area contributed by atoms with Crippen molar-refractivity contribution in [2.24, 2.45) is 0 Å². The fourth-order valence-corrected chi connectivity index (χ4v) is 4.76. The highest BCUT2D eigenvalue weighted by atomic mass is 35.5. The first kappa shape index (κ1) is 20.4. The van der Waals surface area contributed by atoms with Gasteiger partial charge in [-0.25, -0.2) is 0 Å². The molecule has 8 heteroatoms. The SMILES string of the molecule is CC(Sc1nnc(-c2ccccc2Cl)n1C1CCCC1)c1nc(C(C)(C)C)no1. The lowest BCUT2D eigenvalue weighted by molar-refractivity contribution is 0.364. The minimum Gasteiger partial charge on any atom is -0.338 e. The van der Waals surface area contributed by atoms with Crippen molar-refractivity contribution in [2.45, 2.75) is 75.2 Å². The molecule has 0 saturated heterocycles. The number of thioether (sulfide) groups is 1. The van der Waals surface area contributed by atoms with Gasteiger partial charge in [0.15, 0.2) is 16.8 Å². The summed E-state index contributed by atoms with van der Waals surface area (Å²) in [6.07, 6.45) is 4.71. The Hall–Kier alpha value is -1.86. The fourth-order valence-electron chi connectivity index (χ4n) is 3.59. The van der Waals surface area contributed by atoms with E-state index in [4.69, 9.17) is 16.1 Å². The molecule has 3 aromatic rings. The number of hydrogen-bond donors (Lipinski definition) is 0. The summed E-state index contributed by atoms with van der Waals surface area (Å²) in [5.74, 6) is 2.16. The van der Waals surface area contributed by atoms with Gasteiger partial charge >= 0.3 is 0 Å². The van der Waals surface area contributed by atoms with Crippen LogP contribution in [-0.2, 0) is 5.41 Å². The molecule has 1 aromatic carbocycles. The maximum Gasteiger partial charge on any atom is 0.239 e. The van der Waals surface area contributed by atoms with Crippen LogP contribution in [0.5, 0.6) is 0 Å². The summed E-state index contributed by atoms with van der Waals surface area (Å²) in [7, 11) is 0. The quantitative estimate of drug-likeness (QED) is 0.445. The highest BCUT2D eigenvalue weighted by molar-refractivity contribution is 7.99.